The first kappa shape index (κ1) is 21.2. The van der Waals surface area contributed by atoms with Gasteiger partial charge >= 0.3 is 16.5 Å². The number of benzene rings is 1. The number of ether oxygens (including phenoxy) is 2. The van der Waals surface area contributed by atoms with Crippen molar-refractivity contribution in [2.24, 2.45) is 0 Å². The van der Waals surface area contributed by atoms with Gasteiger partial charge in [0.25, 0.3) is 0 Å². The Balaban J connectivity index is 2.30. The fourth-order valence-electron chi connectivity index (χ4n) is 2.46. The second kappa shape index (κ2) is 9.72. The maximum Gasteiger partial charge on any atom is 0.695 e. The molecular weight excluding hydrogens is 394 g/mol. The predicted molar refractivity (Wildman–Crippen MR) is 84.1 cm³/mol. The van der Waals surface area contributed by atoms with Gasteiger partial charge in [-0.25, -0.2) is 0 Å². The van der Waals surface area contributed by atoms with E-state index in [9.17, 15) is 24.4 Å². The molecule has 26 heavy (non-hydrogen) atoms. The summed E-state index contributed by atoms with van der Waals surface area (Å²) in [5, 5.41) is 29.1. The van der Waals surface area contributed by atoms with Crippen LogP contribution in [0, 0.1) is 0 Å². The minimum Gasteiger partial charge on any atom is -0.461 e. The molecule has 0 aromatic heterocycles. The highest BCUT2D eigenvalue weighted by atomic mass is 31.1. The smallest absolute Gasteiger partial charge is 0.461 e. The van der Waals surface area contributed by atoms with Gasteiger partial charge in [-0.05, 0) is 6.07 Å². The van der Waals surface area contributed by atoms with Crippen LogP contribution < -0.4 is 4.74 Å². The number of para-hydroxylation sites is 1. The molecule has 1 aromatic carbocycles. The highest BCUT2D eigenvalue weighted by Gasteiger charge is 2.54. The van der Waals surface area contributed by atoms with Crippen LogP contribution in [0.5, 0.6) is 5.75 Å². The van der Waals surface area contributed by atoms with Crippen LogP contribution in [0.3, 0.4) is 0 Å². The molecule has 0 spiro atoms. The zero-order chi connectivity index (χ0) is 19.3. The molecule has 1 aliphatic heterocycles. The van der Waals surface area contributed by atoms with E-state index < -0.39 is 53.8 Å². The minimum atomic E-state index is -3.19. The van der Waals surface area contributed by atoms with Crippen molar-refractivity contribution in [2.75, 3.05) is 6.61 Å². The van der Waals surface area contributed by atoms with Crippen LogP contribution in [0.15, 0.2) is 24.3 Å². The molecule has 5 N–H and O–H groups in total. The van der Waals surface area contributed by atoms with Gasteiger partial charge in [0.15, 0.2) is 6.10 Å². The molecule has 7 atom stereocenters. The standard InChI is InChI=1S/C13H16O11P2/c14-5-7-3-1-2-4-8(7)21-13-12(24-26(19)20)10(16)11(23-25(17)18)9(6-15)22-13/h1-4,9-16H,5-6H2/p+2/t9-,10+,11-,12-,13-/m1/s1. The van der Waals surface area contributed by atoms with Gasteiger partial charge in [0.2, 0.25) is 12.4 Å². The Morgan fingerprint density at radius 1 is 1.04 bits per heavy atom. The van der Waals surface area contributed by atoms with Gasteiger partial charge in [-0.2, -0.15) is 0 Å². The molecule has 2 rings (SSSR count). The Morgan fingerprint density at radius 3 is 2.23 bits per heavy atom. The molecule has 0 saturated carbocycles. The van der Waals surface area contributed by atoms with Crippen molar-refractivity contribution in [3.05, 3.63) is 29.8 Å². The molecule has 0 aliphatic carbocycles. The third kappa shape index (κ3) is 5.21. The van der Waals surface area contributed by atoms with E-state index in [4.69, 9.17) is 23.8 Å². The van der Waals surface area contributed by atoms with Gasteiger partial charge in [-0.15, -0.1) is 18.8 Å². The molecule has 0 bridgehead atoms. The van der Waals surface area contributed by atoms with E-state index in [0.29, 0.717) is 5.56 Å². The SMILES string of the molecule is O=[P+](O)O[C@H]1[C@H](Oc2ccccc2CO)O[C@H](CO)[C@@H](O[P+](=O)O)[C@@H]1O. The summed E-state index contributed by atoms with van der Waals surface area (Å²) in [6.45, 7) is -1.07. The molecule has 1 fully saturated rings. The first-order valence-electron chi connectivity index (χ1n) is 7.33. The fraction of sp³-hybridized carbons (Fsp3) is 0.538. The lowest BCUT2D eigenvalue weighted by atomic mass is 9.99. The number of hydrogen-bond acceptors (Lipinski definition) is 9. The highest BCUT2D eigenvalue weighted by molar-refractivity contribution is 7.32. The molecule has 13 heteroatoms. The van der Waals surface area contributed by atoms with Crippen LogP contribution >= 0.6 is 16.5 Å². The molecule has 1 heterocycles. The number of rotatable bonds is 8. The number of aliphatic hydroxyl groups is 3. The van der Waals surface area contributed by atoms with Crippen molar-refractivity contribution < 1.29 is 52.8 Å². The molecule has 1 aromatic rings. The monoisotopic (exact) mass is 412 g/mol. The van der Waals surface area contributed by atoms with Crippen LogP contribution in [0.1, 0.15) is 5.56 Å². The van der Waals surface area contributed by atoms with Crippen LogP contribution in [0.25, 0.3) is 0 Å². The van der Waals surface area contributed by atoms with E-state index in [1.807, 2.05) is 0 Å². The summed E-state index contributed by atoms with van der Waals surface area (Å²) in [5.74, 6) is 0.151. The third-order valence-corrected chi connectivity index (χ3v) is 4.45. The van der Waals surface area contributed by atoms with Crippen molar-refractivity contribution in [3.8, 4) is 5.75 Å². The Morgan fingerprint density at radius 2 is 1.65 bits per heavy atom. The lowest BCUT2D eigenvalue weighted by Gasteiger charge is -2.38. The zero-order valence-corrected chi connectivity index (χ0v) is 15.0. The molecule has 11 nitrogen and oxygen atoms in total. The summed E-state index contributed by atoms with van der Waals surface area (Å²) in [6, 6.07) is 6.29. The van der Waals surface area contributed by atoms with Crippen LogP contribution in [0.2, 0.25) is 0 Å². The van der Waals surface area contributed by atoms with Gasteiger partial charge in [0.05, 0.1) is 13.2 Å². The van der Waals surface area contributed by atoms with Crippen molar-refractivity contribution in [3.63, 3.8) is 0 Å². The average Bonchev–Trinajstić information content (AvgIpc) is 2.60. The molecule has 0 amide bonds. The van der Waals surface area contributed by atoms with Gasteiger partial charge in [0, 0.05) is 14.7 Å². The quantitative estimate of drug-likeness (QED) is 0.355. The second-order valence-electron chi connectivity index (χ2n) is 5.22. The largest absolute Gasteiger partial charge is 0.695 e. The van der Waals surface area contributed by atoms with Crippen LogP contribution in [-0.2, 0) is 29.5 Å². The number of hydrogen-bond donors (Lipinski definition) is 5. The lowest BCUT2D eigenvalue weighted by molar-refractivity contribution is -0.267. The maximum atomic E-state index is 11.1. The molecule has 0 radical (unpaired) electrons. The minimum absolute atomic E-state index is 0.151. The van der Waals surface area contributed by atoms with Crippen molar-refractivity contribution in [2.45, 2.75) is 37.3 Å². The molecule has 1 saturated heterocycles. The Kier molecular flexibility index (Phi) is 7.93. The Labute approximate surface area is 149 Å². The number of aliphatic hydroxyl groups excluding tert-OH is 3. The van der Waals surface area contributed by atoms with Crippen molar-refractivity contribution in [1.82, 2.24) is 0 Å². The van der Waals surface area contributed by atoms with E-state index in [0.717, 1.165) is 0 Å². The normalized spacial score (nSPS) is 30.0. The lowest BCUT2D eigenvalue weighted by Crippen LogP contribution is -2.60. The topological polar surface area (TPSA) is 172 Å². The summed E-state index contributed by atoms with van der Waals surface area (Å²) >= 11 is 0. The third-order valence-electron chi connectivity index (χ3n) is 3.61. The molecule has 144 valence electrons. The summed E-state index contributed by atoms with van der Waals surface area (Å²) in [4.78, 5) is 17.9. The fourth-order valence-corrected chi connectivity index (χ4v) is 3.36. The zero-order valence-electron chi connectivity index (χ0n) is 13.2. The summed E-state index contributed by atoms with van der Waals surface area (Å²) in [5.41, 5.74) is 0.370. The van der Waals surface area contributed by atoms with Gasteiger partial charge in [-0.1, -0.05) is 18.2 Å². The first-order valence-corrected chi connectivity index (χ1v) is 9.59. The van der Waals surface area contributed by atoms with Crippen LogP contribution in [0.4, 0.5) is 0 Å². The Hall–Kier alpha value is -1.10. The van der Waals surface area contributed by atoms with E-state index in [2.05, 4.69) is 4.52 Å². The second-order valence-corrected chi connectivity index (χ2v) is 6.59. The molecule has 2 unspecified atom stereocenters. The predicted octanol–water partition coefficient (Wildman–Crippen LogP) is -0.294. The van der Waals surface area contributed by atoms with Gasteiger partial charge < -0.3 is 24.8 Å². The van der Waals surface area contributed by atoms with E-state index >= 15 is 0 Å². The first-order chi connectivity index (χ1) is 12.4. The van der Waals surface area contributed by atoms with Crippen molar-refractivity contribution in [1.29, 1.82) is 0 Å². The van der Waals surface area contributed by atoms with Gasteiger partial charge in [-0.3, -0.25) is 0 Å². The summed E-state index contributed by atoms with van der Waals surface area (Å²) < 4.78 is 42.3. The van der Waals surface area contributed by atoms with E-state index in [1.165, 1.54) is 6.07 Å². The summed E-state index contributed by atoms with van der Waals surface area (Å²) in [7, 11) is -6.35. The van der Waals surface area contributed by atoms with Crippen LogP contribution in [-0.4, -0.2) is 62.4 Å². The summed E-state index contributed by atoms with van der Waals surface area (Å²) in [6.07, 6.45) is -7.58. The molecular formula is C13H18O11P2+2. The van der Waals surface area contributed by atoms with E-state index in [-0.39, 0.29) is 12.4 Å². The van der Waals surface area contributed by atoms with E-state index in [1.54, 1.807) is 18.2 Å². The molecule has 1 aliphatic rings. The average molecular weight is 412 g/mol. The van der Waals surface area contributed by atoms with Gasteiger partial charge in [0.1, 0.15) is 18.0 Å². The maximum absolute atomic E-state index is 11.1. The Bertz CT molecular complexity index is 642. The van der Waals surface area contributed by atoms with Crippen molar-refractivity contribution >= 4 is 16.5 Å². The highest BCUT2D eigenvalue weighted by Crippen LogP contribution is 2.36.